The molecule has 1 saturated heterocycles. The van der Waals surface area contributed by atoms with E-state index in [1.807, 2.05) is 0 Å². The van der Waals surface area contributed by atoms with Crippen LogP contribution in [-0.2, 0) is 4.74 Å². The van der Waals surface area contributed by atoms with E-state index in [0.29, 0.717) is 17.6 Å². The summed E-state index contributed by atoms with van der Waals surface area (Å²) in [7, 11) is 2.19. The second-order valence-corrected chi connectivity index (χ2v) is 6.83. The van der Waals surface area contributed by atoms with Gasteiger partial charge in [0, 0.05) is 19.1 Å². The summed E-state index contributed by atoms with van der Waals surface area (Å²) in [5.41, 5.74) is 0.409. The van der Waals surface area contributed by atoms with Crippen LogP contribution in [0.5, 0.6) is 0 Å². The van der Waals surface area contributed by atoms with Crippen molar-refractivity contribution in [3.8, 4) is 0 Å². The molecule has 3 nitrogen and oxygen atoms in total. The van der Waals surface area contributed by atoms with Crippen molar-refractivity contribution in [1.82, 2.24) is 10.2 Å². The van der Waals surface area contributed by atoms with Crippen LogP contribution in [0.4, 0.5) is 0 Å². The standard InChI is InChI=1S/C15H32N2O/c1-6-9-16-13(7-8-15(2,3)4)14-12-17(5)10-11-18-14/h13-14,16H,6-12H2,1-5H3. The van der Waals surface area contributed by atoms with Crippen LogP contribution in [0.25, 0.3) is 0 Å². The first-order chi connectivity index (χ1) is 8.42. The predicted octanol–water partition coefficient (Wildman–Crippen LogP) is 2.51. The van der Waals surface area contributed by atoms with E-state index in [2.05, 4.69) is 45.0 Å². The molecule has 18 heavy (non-hydrogen) atoms. The van der Waals surface area contributed by atoms with Gasteiger partial charge >= 0.3 is 0 Å². The Kier molecular flexibility index (Phi) is 6.61. The third kappa shape index (κ3) is 6.17. The fraction of sp³-hybridized carbons (Fsp3) is 1.00. The summed E-state index contributed by atoms with van der Waals surface area (Å²) in [5, 5.41) is 3.68. The lowest BCUT2D eigenvalue weighted by Crippen LogP contribution is -2.51. The Morgan fingerprint density at radius 2 is 2.11 bits per heavy atom. The third-order valence-corrected chi connectivity index (χ3v) is 3.61. The molecule has 0 amide bonds. The molecule has 0 spiro atoms. The van der Waals surface area contributed by atoms with E-state index in [1.165, 1.54) is 19.3 Å². The normalized spacial score (nSPS) is 24.2. The van der Waals surface area contributed by atoms with Gasteiger partial charge in [0.15, 0.2) is 0 Å². The van der Waals surface area contributed by atoms with E-state index in [9.17, 15) is 0 Å². The molecule has 0 bridgehead atoms. The second kappa shape index (κ2) is 7.46. The maximum Gasteiger partial charge on any atom is 0.0855 e. The Morgan fingerprint density at radius 3 is 2.67 bits per heavy atom. The maximum absolute atomic E-state index is 5.97. The van der Waals surface area contributed by atoms with Gasteiger partial charge < -0.3 is 15.0 Å². The van der Waals surface area contributed by atoms with Gasteiger partial charge in [0.05, 0.1) is 12.7 Å². The molecule has 1 rings (SSSR count). The van der Waals surface area contributed by atoms with Gasteiger partial charge in [0.1, 0.15) is 0 Å². The molecule has 1 heterocycles. The quantitative estimate of drug-likeness (QED) is 0.790. The third-order valence-electron chi connectivity index (χ3n) is 3.61. The van der Waals surface area contributed by atoms with Crippen LogP contribution in [0.1, 0.15) is 47.0 Å². The number of hydrogen-bond donors (Lipinski definition) is 1. The summed E-state index contributed by atoms with van der Waals surface area (Å²) in [6.07, 6.45) is 4.01. The van der Waals surface area contributed by atoms with Crippen molar-refractivity contribution < 1.29 is 4.74 Å². The predicted molar refractivity (Wildman–Crippen MR) is 78.0 cm³/mol. The van der Waals surface area contributed by atoms with Crippen LogP contribution in [0.15, 0.2) is 0 Å². The van der Waals surface area contributed by atoms with E-state index in [4.69, 9.17) is 4.74 Å². The Labute approximate surface area is 113 Å². The minimum Gasteiger partial charge on any atom is -0.374 e. The van der Waals surface area contributed by atoms with Crippen molar-refractivity contribution in [3.05, 3.63) is 0 Å². The van der Waals surface area contributed by atoms with E-state index in [-0.39, 0.29) is 0 Å². The first kappa shape index (κ1) is 15.9. The van der Waals surface area contributed by atoms with E-state index < -0.39 is 0 Å². The molecule has 0 aromatic heterocycles. The summed E-state index contributed by atoms with van der Waals surface area (Å²) in [6.45, 7) is 13.3. The van der Waals surface area contributed by atoms with Crippen molar-refractivity contribution in [2.75, 3.05) is 33.3 Å². The molecule has 108 valence electrons. The van der Waals surface area contributed by atoms with Gasteiger partial charge in [-0.1, -0.05) is 27.7 Å². The molecule has 0 saturated carbocycles. The highest BCUT2D eigenvalue weighted by atomic mass is 16.5. The van der Waals surface area contributed by atoms with Crippen molar-refractivity contribution in [3.63, 3.8) is 0 Å². The van der Waals surface area contributed by atoms with Gasteiger partial charge in [-0.15, -0.1) is 0 Å². The lowest BCUT2D eigenvalue weighted by Gasteiger charge is -2.36. The van der Waals surface area contributed by atoms with E-state index in [0.717, 1.165) is 26.2 Å². The molecule has 0 aromatic carbocycles. The van der Waals surface area contributed by atoms with Crippen molar-refractivity contribution in [2.24, 2.45) is 5.41 Å². The average molecular weight is 256 g/mol. The lowest BCUT2D eigenvalue weighted by atomic mass is 9.87. The molecule has 2 unspecified atom stereocenters. The first-order valence-corrected chi connectivity index (χ1v) is 7.46. The number of rotatable bonds is 6. The summed E-state index contributed by atoms with van der Waals surface area (Å²) in [4.78, 5) is 2.38. The SMILES string of the molecule is CCCNC(CCC(C)(C)C)C1CN(C)CCO1. The highest BCUT2D eigenvalue weighted by Gasteiger charge is 2.27. The van der Waals surface area contributed by atoms with Crippen LogP contribution in [-0.4, -0.2) is 50.3 Å². The Balaban J connectivity index is 2.48. The zero-order valence-corrected chi connectivity index (χ0v) is 13.0. The first-order valence-electron chi connectivity index (χ1n) is 7.46. The average Bonchev–Trinajstić information content (AvgIpc) is 2.28. The monoisotopic (exact) mass is 256 g/mol. The van der Waals surface area contributed by atoms with Gasteiger partial charge in [0.2, 0.25) is 0 Å². The molecule has 1 aliphatic rings. The summed E-state index contributed by atoms with van der Waals surface area (Å²) in [6, 6.07) is 0.506. The van der Waals surface area contributed by atoms with Gasteiger partial charge in [-0.2, -0.15) is 0 Å². The fourth-order valence-corrected chi connectivity index (χ4v) is 2.39. The summed E-state index contributed by atoms with van der Waals surface area (Å²) in [5.74, 6) is 0. The summed E-state index contributed by atoms with van der Waals surface area (Å²) >= 11 is 0. The number of likely N-dealkylation sites (N-methyl/N-ethyl adjacent to an activating group) is 1. The Morgan fingerprint density at radius 1 is 1.39 bits per heavy atom. The van der Waals surface area contributed by atoms with E-state index in [1.54, 1.807) is 0 Å². The molecule has 1 N–H and O–H groups in total. The topological polar surface area (TPSA) is 24.5 Å². The van der Waals surface area contributed by atoms with Gasteiger partial charge in [-0.25, -0.2) is 0 Å². The zero-order chi connectivity index (χ0) is 13.6. The number of ether oxygens (including phenoxy) is 1. The van der Waals surface area contributed by atoms with Gasteiger partial charge in [-0.3, -0.25) is 0 Å². The Hall–Kier alpha value is -0.120. The van der Waals surface area contributed by atoms with Crippen LogP contribution in [0, 0.1) is 5.41 Å². The number of nitrogens with zero attached hydrogens (tertiary/aromatic N) is 1. The van der Waals surface area contributed by atoms with Crippen LogP contribution in [0.3, 0.4) is 0 Å². The highest BCUT2D eigenvalue weighted by Crippen LogP contribution is 2.23. The minimum atomic E-state index is 0.359. The molecule has 0 radical (unpaired) electrons. The largest absolute Gasteiger partial charge is 0.374 e. The molecular formula is C15H32N2O. The molecule has 0 aromatic rings. The van der Waals surface area contributed by atoms with E-state index >= 15 is 0 Å². The molecule has 2 atom stereocenters. The van der Waals surface area contributed by atoms with Crippen molar-refractivity contribution in [2.45, 2.75) is 59.1 Å². The number of nitrogens with one attached hydrogen (secondary N) is 1. The number of morpholine rings is 1. The second-order valence-electron chi connectivity index (χ2n) is 6.83. The molecular weight excluding hydrogens is 224 g/mol. The van der Waals surface area contributed by atoms with Crippen LogP contribution >= 0.6 is 0 Å². The fourth-order valence-electron chi connectivity index (χ4n) is 2.39. The Bertz CT molecular complexity index is 225. The lowest BCUT2D eigenvalue weighted by molar-refractivity contribution is -0.0412. The maximum atomic E-state index is 5.97. The molecule has 0 aliphatic carbocycles. The van der Waals surface area contributed by atoms with Crippen molar-refractivity contribution >= 4 is 0 Å². The van der Waals surface area contributed by atoms with Crippen LogP contribution < -0.4 is 5.32 Å². The molecule has 1 aliphatic heterocycles. The number of hydrogen-bond acceptors (Lipinski definition) is 3. The smallest absolute Gasteiger partial charge is 0.0855 e. The van der Waals surface area contributed by atoms with Crippen LogP contribution in [0.2, 0.25) is 0 Å². The molecule has 3 heteroatoms. The highest BCUT2D eigenvalue weighted by molar-refractivity contribution is 4.83. The van der Waals surface area contributed by atoms with Gasteiger partial charge in [-0.05, 0) is 38.3 Å². The molecule has 1 fully saturated rings. The summed E-state index contributed by atoms with van der Waals surface area (Å²) < 4.78 is 5.97. The van der Waals surface area contributed by atoms with Gasteiger partial charge in [0.25, 0.3) is 0 Å². The minimum absolute atomic E-state index is 0.359. The van der Waals surface area contributed by atoms with Crippen molar-refractivity contribution in [1.29, 1.82) is 0 Å². The zero-order valence-electron chi connectivity index (χ0n) is 13.0.